The normalized spacial score (nSPS) is 11.6. The molecule has 0 saturated carbocycles. The molecule has 5 heteroatoms. The maximum absolute atomic E-state index is 5.67. The van der Waals surface area contributed by atoms with Crippen molar-refractivity contribution < 1.29 is 18.9 Å². The van der Waals surface area contributed by atoms with Gasteiger partial charge in [0, 0.05) is 32.1 Å². The topological polar surface area (TPSA) is 49.8 Å². The van der Waals surface area contributed by atoms with E-state index in [1.54, 1.807) is 13.3 Å². The highest BCUT2D eigenvalue weighted by Gasteiger charge is 2.33. The Bertz CT molecular complexity index is 336. The molecule has 19 heavy (non-hydrogen) atoms. The predicted octanol–water partition coefficient (Wildman–Crippen LogP) is 2.40. The average Bonchev–Trinajstić information content (AvgIpc) is 2.40. The van der Waals surface area contributed by atoms with Gasteiger partial charge in [0.2, 0.25) is 5.88 Å². The number of methoxy groups -OCH3 is 1. The van der Waals surface area contributed by atoms with Crippen LogP contribution in [-0.2, 0) is 20.6 Å². The molecule has 1 rings (SSSR count). The second kappa shape index (κ2) is 8.09. The second-order valence-corrected chi connectivity index (χ2v) is 3.87. The molecule has 0 bridgehead atoms. The number of hydrogen-bond donors (Lipinski definition) is 0. The Morgan fingerprint density at radius 1 is 1.00 bits per heavy atom. The van der Waals surface area contributed by atoms with Crippen LogP contribution < -0.4 is 4.74 Å². The number of hydrogen-bond acceptors (Lipinski definition) is 5. The molecule has 1 aromatic heterocycles. The van der Waals surface area contributed by atoms with Gasteiger partial charge in [0.05, 0.1) is 13.5 Å². The SMILES string of the molecule is CCOC(Cc1ccc(OC)nc1)(OCC)OCC. The lowest BCUT2D eigenvalue weighted by atomic mass is 10.2. The molecule has 0 saturated heterocycles. The molecule has 108 valence electrons. The Morgan fingerprint density at radius 2 is 1.58 bits per heavy atom. The predicted molar refractivity (Wildman–Crippen MR) is 72.1 cm³/mol. The minimum absolute atomic E-state index is 0.486. The Balaban J connectivity index is 2.84. The Labute approximate surface area is 114 Å². The van der Waals surface area contributed by atoms with Crippen molar-refractivity contribution in [2.45, 2.75) is 33.2 Å². The highest BCUT2D eigenvalue weighted by Crippen LogP contribution is 2.22. The molecule has 1 heterocycles. The largest absolute Gasteiger partial charge is 0.481 e. The molecule has 0 N–H and O–H groups in total. The third kappa shape index (κ3) is 4.78. The molecule has 0 amide bonds. The molecule has 0 spiro atoms. The first-order chi connectivity index (χ1) is 9.19. The van der Waals surface area contributed by atoms with Gasteiger partial charge in [-0.15, -0.1) is 0 Å². The van der Waals surface area contributed by atoms with E-state index in [1.807, 2.05) is 32.9 Å². The van der Waals surface area contributed by atoms with Gasteiger partial charge in [-0.2, -0.15) is 0 Å². The van der Waals surface area contributed by atoms with Gasteiger partial charge in [0.15, 0.2) is 0 Å². The minimum atomic E-state index is -1.03. The van der Waals surface area contributed by atoms with Gasteiger partial charge in [-0.3, -0.25) is 0 Å². The zero-order chi connectivity index (χ0) is 14.1. The summed E-state index contributed by atoms with van der Waals surface area (Å²) in [6.07, 6.45) is 2.23. The summed E-state index contributed by atoms with van der Waals surface area (Å²) >= 11 is 0. The van der Waals surface area contributed by atoms with Crippen molar-refractivity contribution in [3.05, 3.63) is 23.9 Å². The van der Waals surface area contributed by atoms with Gasteiger partial charge >= 0.3 is 0 Å². The number of rotatable bonds is 9. The first-order valence-corrected chi connectivity index (χ1v) is 6.60. The molecule has 0 aliphatic rings. The van der Waals surface area contributed by atoms with Crippen LogP contribution in [0.1, 0.15) is 26.3 Å². The fourth-order valence-electron chi connectivity index (χ4n) is 1.82. The number of ether oxygens (including phenoxy) is 4. The smallest absolute Gasteiger partial charge is 0.287 e. The van der Waals surface area contributed by atoms with Crippen molar-refractivity contribution in [2.75, 3.05) is 26.9 Å². The summed E-state index contributed by atoms with van der Waals surface area (Å²) in [5.74, 6) is -0.451. The van der Waals surface area contributed by atoms with Crippen molar-refractivity contribution in [1.29, 1.82) is 0 Å². The molecule has 0 fully saturated rings. The van der Waals surface area contributed by atoms with E-state index in [-0.39, 0.29) is 0 Å². The monoisotopic (exact) mass is 269 g/mol. The number of aromatic nitrogens is 1. The average molecular weight is 269 g/mol. The first kappa shape index (κ1) is 15.9. The fourth-order valence-corrected chi connectivity index (χ4v) is 1.82. The van der Waals surface area contributed by atoms with Crippen molar-refractivity contribution in [2.24, 2.45) is 0 Å². The molecule has 0 atom stereocenters. The highest BCUT2D eigenvalue weighted by molar-refractivity contribution is 5.18. The van der Waals surface area contributed by atoms with E-state index < -0.39 is 5.97 Å². The van der Waals surface area contributed by atoms with Crippen LogP contribution in [0.5, 0.6) is 5.88 Å². The summed E-state index contributed by atoms with van der Waals surface area (Å²) in [5, 5.41) is 0. The highest BCUT2D eigenvalue weighted by atomic mass is 16.9. The third-order valence-corrected chi connectivity index (χ3v) is 2.52. The van der Waals surface area contributed by atoms with Crippen LogP contribution in [0, 0.1) is 0 Å². The van der Waals surface area contributed by atoms with E-state index in [2.05, 4.69) is 4.98 Å². The molecular formula is C14H23NO4. The quantitative estimate of drug-likeness (QED) is 0.644. The van der Waals surface area contributed by atoms with Crippen LogP contribution in [0.2, 0.25) is 0 Å². The van der Waals surface area contributed by atoms with E-state index in [0.717, 1.165) is 5.56 Å². The lowest BCUT2D eigenvalue weighted by Gasteiger charge is -2.32. The van der Waals surface area contributed by atoms with Gasteiger partial charge in [-0.25, -0.2) is 4.98 Å². The Hall–Kier alpha value is -1.17. The van der Waals surface area contributed by atoms with Crippen molar-refractivity contribution >= 4 is 0 Å². The molecule has 0 aromatic carbocycles. The summed E-state index contributed by atoms with van der Waals surface area (Å²) in [6.45, 7) is 7.30. The summed E-state index contributed by atoms with van der Waals surface area (Å²) in [5.41, 5.74) is 0.969. The van der Waals surface area contributed by atoms with E-state index in [1.165, 1.54) is 0 Å². The lowest BCUT2D eigenvalue weighted by Crippen LogP contribution is -2.41. The van der Waals surface area contributed by atoms with E-state index in [0.29, 0.717) is 32.1 Å². The van der Waals surface area contributed by atoms with Gasteiger partial charge in [0.25, 0.3) is 5.97 Å². The first-order valence-electron chi connectivity index (χ1n) is 6.60. The van der Waals surface area contributed by atoms with E-state index in [4.69, 9.17) is 18.9 Å². The Kier molecular flexibility index (Phi) is 6.77. The van der Waals surface area contributed by atoms with Crippen LogP contribution in [0.25, 0.3) is 0 Å². The summed E-state index contributed by atoms with van der Waals surface area (Å²) in [4.78, 5) is 4.17. The van der Waals surface area contributed by atoms with Crippen LogP contribution >= 0.6 is 0 Å². The molecule has 0 unspecified atom stereocenters. The molecule has 0 aliphatic carbocycles. The number of nitrogens with zero attached hydrogens (tertiary/aromatic N) is 1. The van der Waals surface area contributed by atoms with Crippen molar-refractivity contribution in [3.8, 4) is 5.88 Å². The number of pyridine rings is 1. The van der Waals surface area contributed by atoms with Crippen molar-refractivity contribution in [1.82, 2.24) is 4.98 Å². The summed E-state index contributed by atoms with van der Waals surface area (Å²) in [7, 11) is 1.59. The van der Waals surface area contributed by atoms with Crippen LogP contribution in [0.4, 0.5) is 0 Å². The van der Waals surface area contributed by atoms with Crippen molar-refractivity contribution in [3.63, 3.8) is 0 Å². The standard InChI is InChI=1S/C14H23NO4/c1-5-17-14(18-6-2,19-7-3)10-12-8-9-13(16-4)15-11-12/h8-9,11H,5-7,10H2,1-4H3. The van der Waals surface area contributed by atoms with Crippen LogP contribution in [-0.4, -0.2) is 37.9 Å². The zero-order valence-corrected chi connectivity index (χ0v) is 12.1. The minimum Gasteiger partial charge on any atom is -0.481 e. The van der Waals surface area contributed by atoms with Gasteiger partial charge in [0.1, 0.15) is 0 Å². The van der Waals surface area contributed by atoms with E-state index >= 15 is 0 Å². The van der Waals surface area contributed by atoms with Gasteiger partial charge in [-0.05, 0) is 26.3 Å². The molecule has 5 nitrogen and oxygen atoms in total. The third-order valence-electron chi connectivity index (χ3n) is 2.52. The second-order valence-electron chi connectivity index (χ2n) is 3.87. The van der Waals surface area contributed by atoms with Crippen LogP contribution in [0.3, 0.4) is 0 Å². The maximum atomic E-state index is 5.67. The van der Waals surface area contributed by atoms with Gasteiger partial charge in [-0.1, -0.05) is 6.07 Å². The van der Waals surface area contributed by atoms with E-state index in [9.17, 15) is 0 Å². The molecule has 0 aliphatic heterocycles. The van der Waals surface area contributed by atoms with Crippen LogP contribution in [0.15, 0.2) is 18.3 Å². The lowest BCUT2D eigenvalue weighted by molar-refractivity contribution is -0.376. The molecule has 0 radical (unpaired) electrons. The Morgan fingerprint density at radius 3 is 1.95 bits per heavy atom. The fraction of sp³-hybridized carbons (Fsp3) is 0.643. The summed E-state index contributed by atoms with van der Waals surface area (Å²) < 4.78 is 22.0. The van der Waals surface area contributed by atoms with Gasteiger partial charge < -0.3 is 18.9 Å². The molecular weight excluding hydrogens is 246 g/mol. The summed E-state index contributed by atoms with van der Waals surface area (Å²) in [6, 6.07) is 3.74. The maximum Gasteiger partial charge on any atom is 0.287 e. The molecule has 1 aromatic rings. The zero-order valence-electron chi connectivity index (χ0n) is 12.1.